The smallest absolute Gasteiger partial charge is 0.433 e. The zero-order chi connectivity index (χ0) is 20.4. The Balaban J connectivity index is 2.40. The lowest BCUT2D eigenvalue weighted by atomic mass is 10.1. The van der Waals surface area contributed by atoms with Crippen molar-refractivity contribution in [2.24, 2.45) is 0 Å². The summed E-state index contributed by atoms with van der Waals surface area (Å²) in [6, 6.07) is 2.66. The van der Waals surface area contributed by atoms with Crippen molar-refractivity contribution in [1.82, 2.24) is 9.97 Å². The van der Waals surface area contributed by atoms with E-state index in [4.69, 9.17) is 9.47 Å². The van der Waals surface area contributed by atoms with Gasteiger partial charge in [-0.15, -0.1) is 0 Å². The Bertz CT molecular complexity index is 812. The maximum Gasteiger partial charge on any atom is 0.433 e. The summed E-state index contributed by atoms with van der Waals surface area (Å²) in [4.78, 5) is 8.97. The highest BCUT2D eigenvalue weighted by molar-refractivity contribution is 5.48. The van der Waals surface area contributed by atoms with Gasteiger partial charge in [-0.1, -0.05) is 0 Å². The number of benzene rings is 1. The predicted molar refractivity (Wildman–Crippen MR) is 92.9 cm³/mol. The van der Waals surface area contributed by atoms with Crippen molar-refractivity contribution in [2.45, 2.75) is 19.1 Å². The third kappa shape index (κ3) is 4.69. The number of nitrogens with one attached hydrogen (secondary N) is 1. The first-order valence-electron chi connectivity index (χ1n) is 7.88. The van der Waals surface area contributed by atoms with E-state index >= 15 is 0 Å². The predicted octanol–water partition coefficient (Wildman–Crippen LogP) is 3.89. The molecule has 0 radical (unpaired) electrons. The summed E-state index contributed by atoms with van der Waals surface area (Å²) in [5, 5.41) is 2.71. The van der Waals surface area contributed by atoms with Crippen LogP contribution in [0, 0.1) is 5.82 Å². The number of aromatic nitrogens is 2. The number of ether oxygens (including phenoxy) is 2. The number of hydrogen-bond acceptors (Lipinski definition) is 6. The van der Waals surface area contributed by atoms with E-state index in [0.29, 0.717) is 5.75 Å². The van der Waals surface area contributed by atoms with Gasteiger partial charge in [0.15, 0.2) is 17.2 Å². The lowest BCUT2D eigenvalue weighted by Crippen LogP contribution is -2.19. The topological polar surface area (TPSA) is 59.5 Å². The van der Waals surface area contributed by atoms with Gasteiger partial charge in [-0.3, -0.25) is 0 Å². The van der Waals surface area contributed by atoms with E-state index in [1.165, 1.54) is 25.2 Å². The van der Waals surface area contributed by atoms with Gasteiger partial charge < -0.3 is 19.7 Å². The van der Waals surface area contributed by atoms with Crippen molar-refractivity contribution in [1.29, 1.82) is 0 Å². The molecule has 0 aliphatic heterocycles. The summed E-state index contributed by atoms with van der Waals surface area (Å²) in [5.41, 5.74) is -0.927. The normalized spacial score (nSPS) is 12.5. The molecule has 27 heavy (non-hydrogen) atoms. The molecule has 0 aliphatic rings. The Hall–Kier alpha value is -2.78. The van der Waals surface area contributed by atoms with E-state index < -0.39 is 23.7 Å². The second kappa shape index (κ2) is 7.85. The van der Waals surface area contributed by atoms with Gasteiger partial charge in [0.05, 0.1) is 20.3 Å². The van der Waals surface area contributed by atoms with Gasteiger partial charge >= 0.3 is 6.18 Å². The van der Waals surface area contributed by atoms with Crippen LogP contribution in [0.5, 0.6) is 11.5 Å². The molecule has 1 aromatic heterocycles. The summed E-state index contributed by atoms with van der Waals surface area (Å²) in [6.45, 7) is 1.57. The molecule has 0 bridgehead atoms. The van der Waals surface area contributed by atoms with E-state index in [9.17, 15) is 17.6 Å². The van der Waals surface area contributed by atoms with Gasteiger partial charge in [0, 0.05) is 31.8 Å². The fourth-order valence-electron chi connectivity index (χ4n) is 2.35. The zero-order valence-corrected chi connectivity index (χ0v) is 15.5. The quantitative estimate of drug-likeness (QED) is 0.758. The summed E-state index contributed by atoms with van der Waals surface area (Å²) >= 11 is 0. The summed E-state index contributed by atoms with van der Waals surface area (Å²) in [5.74, 6) is -0.305. The van der Waals surface area contributed by atoms with Gasteiger partial charge in [0.1, 0.15) is 11.6 Å². The first-order chi connectivity index (χ1) is 12.6. The molecular weight excluding hydrogens is 368 g/mol. The van der Waals surface area contributed by atoms with E-state index in [-0.39, 0.29) is 23.1 Å². The van der Waals surface area contributed by atoms with Crippen molar-refractivity contribution in [2.75, 3.05) is 38.5 Å². The fraction of sp³-hybridized carbons (Fsp3) is 0.412. The van der Waals surface area contributed by atoms with Crippen LogP contribution in [0.4, 0.5) is 29.3 Å². The van der Waals surface area contributed by atoms with Gasteiger partial charge in [-0.2, -0.15) is 18.2 Å². The standard InChI is InChI=1S/C17H20F4N4O2/c1-9(10-6-12(26-4)13(27-5)7-11(10)18)22-16-23-14(17(19,20)21)8-15(24-16)25(2)3/h6-9H,1-5H3,(H,22,23,24). The largest absolute Gasteiger partial charge is 0.493 e. The van der Waals surface area contributed by atoms with Crippen LogP contribution in [0.15, 0.2) is 18.2 Å². The molecule has 6 nitrogen and oxygen atoms in total. The van der Waals surface area contributed by atoms with Gasteiger partial charge in [-0.05, 0) is 13.0 Å². The minimum atomic E-state index is -4.64. The van der Waals surface area contributed by atoms with Crippen LogP contribution < -0.4 is 19.7 Å². The van der Waals surface area contributed by atoms with Crippen molar-refractivity contribution < 1.29 is 27.0 Å². The second-order valence-electron chi connectivity index (χ2n) is 5.92. The van der Waals surface area contributed by atoms with E-state index in [0.717, 1.165) is 12.1 Å². The molecule has 1 aromatic carbocycles. The molecule has 0 fully saturated rings. The Morgan fingerprint density at radius 1 is 1.04 bits per heavy atom. The summed E-state index contributed by atoms with van der Waals surface area (Å²) < 4.78 is 63.8. The molecule has 0 aliphatic carbocycles. The number of rotatable bonds is 6. The van der Waals surface area contributed by atoms with Gasteiger partial charge in [0.25, 0.3) is 0 Å². The van der Waals surface area contributed by atoms with Crippen molar-refractivity contribution in [3.63, 3.8) is 0 Å². The highest BCUT2D eigenvalue weighted by Gasteiger charge is 2.34. The minimum absolute atomic E-state index is 0.0693. The fourth-order valence-corrected chi connectivity index (χ4v) is 2.35. The molecule has 0 spiro atoms. The molecule has 0 saturated carbocycles. The Morgan fingerprint density at radius 3 is 2.15 bits per heavy atom. The summed E-state index contributed by atoms with van der Waals surface area (Å²) in [6.07, 6.45) is -4.64. The van der Waals surface area contributed by atoms with Crippen molar-refractivity contribution >= 4 is 11.8 Å². The molecule has 2 aromatic rings. The number of methoxy groups -OCH3 is 2. The van der Waals surface area contributed by atoms with Crippen molar-refractivity contribution in [3.8, 4) is 11.5 Å². The number of nitrogens with zero attached hydrogens (tertiary/aromatic N) is 3. The lowest BCUT2D eigenvalue weighted by molar-refractivity contribution is -0.141. The molecule has 1 atom stereocenters. The van der Waals surface area contributed by atoms with Crippen LogP contribution in [0.25, 0.3) is 0 Å². The first-order valence-corrected chi connectivity index (χ1v) is 7.88. The maximum atomic E-state index is 14.4. The summed E-state index contributed by atoms with van der Waals surface area (Å²) in [7, 11) is 5.89. The van der Waals surface area contributed by atoms with E-state index in [1.807, 2.05) is 0 Å². The Labute approximate surface area is 154 Å². The highest BCUT2D eigenvalue weighted by Crippen LogP contribution is 2.34. The third-order valence-corrected chi connectivity index (χ3v) is 3.78. The molecule has 10 heteroatoms. The molecule has 0 amide bonds. The molecule has 1 heterocycles. The van der Waals surface area contributed by atoms with Gasteiger partial charge in [-0.25, -0.2) is 9.37 Å². The minimum Gasteiger partial charge on any atom is -0.493 e. The van der Waals surface area contributed by atoms with Crippen LogP contribution in [0.3, 0.4) is 0 Å². The monoisotopic (exact) mass is 388 g/mol. The average molecular weight is 388 g/mol. The number of alkyl halides is 3. The number of hydrogen-bond donors (Lipinski definition) is 1. The molecule has 148 valence electrons. The second-order valence-corrected chi connectivity index (χ2v) is 5.92. The molecular formula is C17H20F4N4O2. The van der Waals surface area contributed by atoms with Crippen LogP contribution >= 0.6 is 0 Å². The van der Waals surface area contributed by atoms with E-state index in [1.54, 1.807) is 21.0 Å². The third-order valence-electron chi connectivity index (χ3n) is 3.78. The first kappa shape index (κ1) is 20.5. The molecule has 2 rings (SSSR count). The lowest BCUT2D eigenvalue weighted by Gasteiger charge is -2.20. The SMILES string of the molecule is COc1cc(F)c(C(C)Nc2nc(N(C)C)cc(C(F)(F)F)n2)cc1OC. The zero-order valence-electron chi connectivity index (χ0n) is 15.5. The van der Waals surface area contributed by atoms with Crippen LogP contribution in [-0.4, -0.2) is 38.3 Å². The van der Waals surface area contributed by atoms with E-state index in [2.05, 4.69) is 15.3 Å². The molecule has 1 unspecified atom stereocenters. The van der Waals surface area contributed by atoms with Crippen LogP contribution in [-0.2, 0) is 6.18 Å². The van der Waals surface area contributed by atoms with Crippen molar-refractivity contribution in [3.05, 3.63) is 35.3 Å². The average Bonchev–Trinajstić information content (AvgIpc) is 2.60. The number of halogens is 4. The molecule has 0 saturated heterocycles. The Morgan fingerprint density at radius 2 is 1.63 bits per heavy atom. The Kier molecular flexibility index (Phi) is 5.97. The maximum absolute atomic E-state index is 14.4. The van der Waals surface area contributed by atoms with Crippen LogP contribution in [0.2, 0.25) is 0 Å². The van der Waals surface area contributed by atoms with Gasteiger partial charge in [0.2, 0.25) is 5.95 Å². The molecule has 1 N–H and O–H groups in total. The van der Waals surface area contributed by atoms with Crippen LogP contribution in [0.1, 0.15) is 24.2 Å². The number of anilines is 2. The highest BCUT2D eigenvalue weighted by atomic mass is 19.4.